The number of aryl methyl sites for hydroxylation is 1. The summed E-state index contributed by atoms with van der Waals surface area (Å²) in [4.78, 5) is 23.1. The number of aromatic amines is 1. The standard InChI is InChI=1S/C28H23FN4O3S/c1-4-16-6-7-21-24(8-16)31-28-26(21)27(34)23-10-17(5-2)22(11-25(23)33(28)19-14-32(3)15-19)18-9-20(13-30-12-18)37(29,35)36/h1,6-13,19,31H,5,14-15H2,2-3H3. The average molecular weight is 515 g/mol. The van der Waals surface area contributed by atoms with Gasteiger partial charge < -0.3 is 14.5 Å². The van der Waals surface area contributed by atoms with Gasteiger partial charge in [-0.2, -0.15) is 8.42 Å². The first-order chi connectivity index (χ1) is 17.7. The molecule has 1 aliphatic rings. The highest BCUT2D eigenvalue weighted by Crippen LogP contribution is 2.36. The van der Waals surface area contributed by atoms with Gasteiger partial charge in [0.1, 0.15) is 10.5 Å². The number of terminal acetylenes is 1. The Labute approximate surface area is 212 Å². The Balaban J connectivity index is 1.73. The van der Waals surface area contributed by atoms with Crippen LogP contribution in [0.2, 0.25) is 0 Å². The van der Waals surface area contributed by atoms with Gasteiger partial charge in [0.25, 0.3) is 0 Å². The third-order valence-electron chi connectivity index (χ3n) is 7.24. The Morgan fingerprint density at radius 2 is 1.95 bits per heavy atom. The SMILES string of the molecule is C#Cc1ccc2c(c1)[nH]c1c2c(=O)c2cc(CC)c(-c3cncc(S(=O)(=O)F)c3)cc2n1C1CN(C)C1. The van der Waals surface area contributed by atoms with E-state index in [9.17, 15) is 17.1 Å². The van der Waals surface area contributed by atoms with Crippen molar-refractivity contribution >= 4 is 43.1 Å². The van der Waals surface area contributed by atoms with Gasteiger partial charge in [-0.1, -0.05) is 18.9 Å². The van der Waals surface area contributed by atoms with Crippen molar-refractivity contribution in [1.29, 1.82) is 0 Å². The summed E-state index contributed by atoms with van der Waals surface area (Å²) in [6.45, 7) is 3.57. The van der Waals surface area contributed by atoms with Crippen molar-refractivity contribution in [2.45, 2.75) is 24.3 Å². The van der Waals surface area contributed by atoms with E-state index >= 15 is 0 Å². The lowest BCUT2D eigenvalue weighted by Gasteiger charge is -2.39. The minimum absolute atomic E-state index is 0.0897. The summed E-state index contributed by atoms with van der Waals surface area (Å²) in [6, 6.07) is 10.8. The van der Waals surface area contributed by atoms with Crippen LogP contribution >= 0.6 is 0 Å². The van der Waals surface area contributed by atoms with Crippen LogP contribution in [0, 0.1) is 12.3 Å². The zero-order valence-electron chi connectivity index (χ0n) is 20.2. The van der Waals surface area contributed by atoms with Crippen molar-refractivity contribution in [3.8, 4) is 23.5 Å². The van der Waals surface area contributed by atoms with Gasteiger partial charge in [-0.3, -0.25) is 9.78 Å². The first-order valence-electron chi connectivity index (χ1n) is 11.9. The maximum absolute atomic E-state index is 13.9. The summed E-state index contributed by atoms with van der Waals surface area (Å²) < 4.78 is 39.0. The predicted octanol–water partition coefficient (Wildman–Crippen LogP) is 4.39. The molecule has 1 aliphatic heterocycles. The van der Waals surface area contributed by atoms with Gasteiger partial charge in [-0.05, 0) is 54.9 Å². The molecule has 0 radical (unpaired) electrons. The third kappa shape index (κ3) is 3.64. The summed E-state index contributed by atoms with van der Waals surface area (Å²) in [7, 11) is -2.88. The normalized spacial score (nSPS) is 14.9. The highest BCUT2D eigenvalue weighted by molar-refractivity contribution is 7.86. The summed E-state index contributed by atoms with van der Waals surface area (Å²) >= 11 is 0. The molecule has 0 aliphatic carbocycles. The van der Waals surface area contributed by atoms with E-state index in [2.05, 4.69) is 25.4 Å². The van der Waals surface area contributed by atoms with Crippen molar-refractivity contribution in [2.24, 2.45) is 0 Å². The Hall–Kier alpha value is -4.00. The molecular weight excluding hydrogens is 491 g/mol. The smallest absolute Gasteiger partial charge is 0.333 e. The van der Waals surface area contributed by atoms with Gasteiger partial charge in [0.2, 0.25) is 0 Å². The maximum Gasteiger partial charge on any atom is 0.333 e. The van der Waals surface area contributed by atoms with E-state index in [1.165, 1.54) is 12.3 Å². The van der Waals surface area contributed by atoms with Crippen molar-refractivity contribution in [3.63, 3.8) is 0 Å². The number of likely N-dealkylation sites (tertiary alicyclic amines) is 1. The molecule has 9 heteroatoms. The number of hydrogen-bond donors (Lipinski definition) is 1. The van der Waals surface area contributed by atoms with Crippen molar-refractivity contribution < 1.29 is 12.3 Å². The largest absolute Gasteiger partial charge is 0.340 e. The molecule has 0 unspecified atom stereocenters. The minimum Gasteiger partial charge on any atom is -0.340 e. The number of H-pyrrole nitrogens is 1. The molecule has 1 N–H and O–H groups in total. The predicted molar refractivity (Wildman–Crippen MR) is 143 cm³/mol. The Morgan fingerprint density at radius 1 is 1.16 bits per heavy atom. The second-order valence-electron chi connectivity index (χ2n) is 9.55. The van der Waals surface area contributed by atoms with Crippen LogP contribution in [0.25, 0.3) is 44.0 Å². The van der Waals surface area contributed by atoms with E-state index in [0.717, 1.165) is 46.8 Å². The fourth-order valence-corrected chi connectivity index (χ4v) is 5.88. The van der Waals surface area contributed by atoms with Gasteiger partial charge in [0.15, 0.2) is 5.43 Å². The number of halogens is 1. The first kappa shape index (κ1) is 23.4. The maximum atomic E-state index is 13.9. The van der Waals surface area contributed by atoms with E-state index in [1.807, 2.05) is 44.3 Å². The molecule has 37 heavy (non-hydrogen) atoms. The molecule has 7 nitrogen and oxygen atoms in total. The Kier molecular flexibility index (Phi) is 5.23. The molecule has 0 bridgehead atoms. The molecule has 1 fully saturated rings. The fraction of sp³-hybridized carbons (Fsp3) is 0.214. The summed E-state index contributed by atoms with van der Waals surface area (Å²) in [6.07, 6.45) is 8.69. The van der Waals surface area contributed by atoms with Gasteiger partial charge in [-0.25, -0.2) is 0 Å². The van der Waals surface area contributed by atoms with Gasteiger partial charge in [0.05, 0.1) is 16.9 Å². The second-order valence-corrected chi connectivity index (χ2v) is 10.9. The molecule has 3 aromatic heterocycles. The van der Waals surface area contributed by atoms with E-state index in [-0.39, 0.29) is 11.5 Å². The van der Waals surface area contributed by atoms with Crippen LogP contribution in [-0.2, 0) is 16.6 Å². The molecule has 186 valence electrons. The van der Waals surface area contributed by atoms with E-state index in [4.69, 9.17) is 6.42 Å². The molecule has 4 heterocycles. The Bertz CT molecular complexity index is 1960. The number of nitrogens with one attached hydrogen (secondary N) is 1. The van der Waals surface area contributed by atoms with E-state index in [1.54, 1.807) is 0 Å². The summed E-state index contributed by atoms with van der Waals surface area (Å²) in [5.74, 6) is 2.65. The molecule has 0 saturated carbocycles. The zero-order valence-corrected chi connectivity index (χ0v) is 21.1. The Morgan fingerprint density at radius 3 is 2.62 bits per heavy atom. The highest BCUT2D eigenvalue weighted by Gasteiger charge is 2.29. The number of rotatable bonds is 4. The van der Waals surface area contributed by atoms with Crippen LogP contribution in [0.15, 0.2) is 58.5 Å². The lowest BCUT2D eigenvalue weighted by molar-refractivity contribution is 0.146. The van der Waals surface area contributed by atoms with Crippen LogP contribution < -0.4 is 5.43 Å². The molecule has 6 rings (SSSR count). The lowest BCUT2D eigenvalue weighted by Crippen LogP contribution is -2.45. The van der Waals surface area contributed by atoms with Crippen LogP contribution in [0.1, 0.15) is 24.1 Å². The number of benzene rings is 2. The molecule has 1 saturated heterocycles. The molecule has 5 aromatic rings. The summed E-state index contributed by atoms with van der Waals surface area (Å²) in [5.41, 5.74) is 4.88. The average Bonchev–Trinajstić information content (AvgIpc) is 3.25. The molecule has 0 atom stereocenters. The number of fused-ring (bicyclic) bond motifs is 4. The quantitative estimate of drug-likeness (QED) is 0.284. The number of hydrogen-bond acceptors (Lipinski definition) is 5. The van der Waals surface area contributed by atoms with Gasteiger partial charge >= 0.3 is 10.2 Å². The van der Waals surface area contributed by atoms with Crippen LogP contribution in [0.3, 0.4) is 0 Å². The molecular formula is C28H23FN4O3S. The lowest BCUT2D eigenvalue weighted by atomic mass is 9.95. The van der Waals surface area contributed by atoms with Crippen LogP contribution in [0.5, 0.6) is 0 Å². The van der Waals surface area contributed by atoms with Crippen molar-refractivity contribution in [1.82, 2.24) is 19.4 Å². The first-order valence-corrected chi connectivity index (χ1v) is 13.3. The van der Waals surface area contributed by atoms with Gasteiger partial charge in [0, 0.05) is 52.9 Å². The molecule has 0 spiro atoms. The minimum atomic E-state index is -4.92. The second kappa shape index (κ2) is 8.26. The number of nitrogens with zero attached hydrogens (tertiary/aromatic N) is 3. The van der Waals surface area contributed by atoms with Crippen molar-refractivity contribution in [2.75, 3.05) is 20.1 Å². The molecule has 2 aromatic carbocycles. The zero-order chi connectivity index (χ0) is 26.1. The monoisotopic (exact) mass is 514 g/mol. The number of pyridine rings is 2. The van der Waals surface area contributed by atoms with Crippen molar-refractivity contribution in [3.05, 3.63) is 70.1 Å². The number of aromatic nitrogens is 3. The van der Waals surface area contributed by atoms with Gasteiger partial charge in [-0.15, -0.1) is 10.3 Å². The third-order valence-corrected chi connectivity index (χ3v) is 8.02. The molecule has 0 amide bonds. The van der Waals surface area contributed by atoms with Crippen LogP contribution in [0.4, 0.5) is 3.89 Å². The topological polar surface area (TPSA) is 88.1 Å². The highest BCUT2D eigenvalue weighted by atomic mass is 32.3. The fourth-order valence-electron chi connectivity index (χ4n) is 5.42. The van der Waals surface area contributed by atoms with E-state index in [0.29, 0.717) is 34.0 Å². The number of likely N-dealkylation sites (N-methyl/N-ethyl adjacent to an activating group) is 1. The summed E-state index contributed by atoms with van der Waals surface area (Å²) in [5, 5.41) is 2.00. The van der Waals surface area contributed by atoms with E-state index < -0.39 is 15.1 Å². The van der Waals surface area contributed by atoms with Crippen LogP contribution in [-0.4, -0.2) is 48.0 Å².